The van der Waals surface area contributed by atoms with Crippen molar-refractivity contribution < 1.29 is 9.53 Å². The lowest BCUT2D eigenvalue weighted by molar-refractivity contribution is -0.134. The van der Waals surface area contributed by atoms with Gasteiger partial charge in [0, 0.05) is 25.7 Å². The predicted molar refractivity (Wildman–Crippen MR) is 73.6 cm³/mol. The van der Waals surface area contributed by atoms with Crippen molar-refractivity contribution in [3.05, 3.63) is 0 Å². The van der Waals surface area contributed by atoms with Gasteiger partial charge in [0.1, 0.15) is 0 Å². The second kappa shape index (κ2) is 8.48. The summed E-state index contributed by atoms with van der Waals surface area (Å²) < 4.78 is 5.38. The van der Waals surface area contributed by atoms with Crippen LogP contribution in [0.5, 0.6) is 0 Å². The molecule has 2 unspecified atom stereocenters. The monoisotopic (exact) mass is 256 g/mol. The Bertz CT molecular complexity index is 246. The number of carbonyl (C=O) groups is 1. The molecule has 0 aromatic rings. The van der Waals surface area contributed by atoms with Gasteiger partial charge in [-0.3, -0.25) is 4.79 Å². The standard InChI is InChI=1S/C14H28N2O2/c1-4-9-18-10-7-14(17)16-8-6-13(15-3)12(5-2)11-16/h12-13,15H,4-11H2,1-3H3. The maximum atomic E-state index is 12.0. The largest absolute Gasteiger partial charge is 0.381 e. The minimum atomic E-state index is 0.249. The van der Waals surface area contributed by atoms with Gasteiger partial charge in [0.25, 0.3) is 0 Å². The molecule has 1 rings (SSSR count). The van der Waals surface area contributed by atoms with Crippen LogP contribution < -0.4 is 5.32 Å². The molecule has 1 aliphatic rings. The van der Waals surface area contributed by atoms with E-state index in [4.69, 9.17) is 4.74 Å². The van der Waals surface area contributed by atoms with Gasteiger partial charge in [-0.15, -0.1) is 0 Å². The Morgan fingerprint density at radius 2 is 2.17 bits per heavy atom. The van der Waals surface area contributed by atoms with Crippen LogP contribution in [-0.2, 0) is 9.53 Å². The first-order valence-corrected chi connectivity index (χ1v) is 7.25. The quantitative estimate of drug-likeness (QED) is 0.704. The van der Waals surface area contributed by atoms with Crippen LogP contribution in [-0.4, -0.2) is 50.2 Å². The molecule has 4 nitrogen and oxygen atoms in total. The molecule has 106 valence electrons. The molecule has 1 heterocycles. The summed E-state index contributed by atoms with van der Waals surface area (Å²) in [5, 5.41) is 3.36. The zero-order valence-electron chi connectivity index (χ0n) is 12.1. The molecule has 2 atom stereocenters. The van der Waals surface area contributed by atoms with Crippen LogP contribution in [0.3, 0.4) is 0 Å². The molecule has 1 aliphatic heterocycles. The van der Waals surface area contributed by atoms with Gasteiger partial charge in [0.05, 0.1) is 13.0 Å². The summed E-state index contributed by atoms with van der Waals surface area (Å²) in [6, 6.07) is 0.565. The fourth-order valence-corrected chi connectivity index (χ4v) is 2.62. The number of hydrogen-bond acceptors (Lipinski definition) is 3. The highest BCUT2D eigenvalue weighted by Crippen LogP contribution is 2.20. The average molecular weight is 256 g/mol. The fraction of sp³-hybridized carbons (Fsp3) is 0.929. The van der Waals surface area contributed by atoms with Crippen LogP contribution in [0.25, 0.3) is 0 Å². The van der Waals surface area contributed by atoms with Crippen LogP contribution >= 0.6 is 0 Å². The van der Waals surface area contributed by atoms with Gasteiger partial charge in [-0.05, 0) is 25.8 Å². The Balaban J connectivity index is 2.31. The fourth-order valence-electron chi connectivity index (χ4n) is 2.62. The minimum absolute atomic E-state index is 0.249. The molecule has 0 aromatic heterocycles. The highest BCUT2D eigenvalue weighted by Gasteiger charge is 2.28. The molecule has 0 aliphatic carbocycles. The number of likely N-dealkylation sites (tertiary alicyclic amines) is 1. The Hall–Kier alpha value is -0.610. The molecule has 0 spiro atoms. The van der Waals surface area contributed by atoms with Gasteiger partial charge in [0.2, 0.25) is 5.91 Å². The summed E-state index contributed by atoms with van der Waals surface area (Å²) >= 11 is 0. The Labute approximate surface area is 111 Å². The summed E-state index contributed by atoms with van der Waals surface area (Å²) in [4.78, 5) is 14.1. The first-order chi connectivity index (χ1) is 8.72. The van der Waals surface area contributed by atoms with E-state index in [2.05, 4.69) is 19.2 Å². The maximum Gasteiger partial charge on any atom is 0.224 e. The normalized spacial score (nSPS) is 24.3. The third-order valence-corrected chi connectivity index (χ3v) is 3.79. The Morgan fingerprint density at radius 1 is 1.39 bits per heavy atom. The second-order valence-corrected chi connectivity index (χ2v) is 5.05. The van der Waals surface area contributed by atoms with Crippen LogP contribution in [0.1, 0.15) is 39.5 Å². The summed E-state index contributed by atoms with van der Waals surface area (Å²) in [5.41, 5.74) is 0. The number of amides is 1. The van der Waals surface area contributed by atoms with Crippen molar-refractivity contribution in [1.29, 1.82) is 0 Å². The first-order valence-electron chi connectivity index (χ1n) is 7.25. The third-order valence-electron chi connectivity index (χ3n) is 3.79. The van der Waals surface area contributed by atoms with Crippen LogP contribution in [0, 0.1) is 5.92 Å². The van der Waals surface area contributed by atoms with E-state index < -0.39 is 0 Å². The van der Waals surface area contributed by atoms with Gasteiger partial charge in [0.15, 0.2) is 0 Å². The molecular formula is C14H28N2O2. The second-order valence-electron chi connectivity index (χ2n) is 5.05. The Kier molecular flexibility index (Phi) is 7.28. The zero-order chi connectivity index (χ0) is 13.4. The van der Waals surface area contributed by atoms with Crippen molar-refractivity contribution in [2.75, 3.05) is 33.4 Å². The van der Waals surface area contributed by atoms with Crippen LogP contribution in [0.2, 0.25) is 0 Å². The Morgan fingerprint density at radius 3 is 2.78 bits per heavy atom. The highest BCUT2D eigenvalue weighted by atomic mass is 16.5. The summed E-state index contributed by atoms with van der Waals surface area (Å²) in [5.74, 6) is 0.836. The first kappa shape index (κ1) is 15.4. The lowest BCUT2D eigenvalue weighted by Crippen LogP contribution is -2.50. The van der Waals surface area contributed by atoms with Crippen LogP contribution in [0.4, 0.5) is 0 Å². The van der Waals surface area contributed by atoms with Crippen molar-refractivity contribution in [1.82, 2.24) is 10.2 Å². The maximum absolute atomic E-state index is 12.0. The molecule has 0 aromatic carbocycles. The van der Waals surface area contributed by atoms with Gasteiger partial charge in [-0.25, -0.2) is 0 Å². The molecule has 1 N–H and O–H groups in total. The SMILES string of the molecule is CCCOCCC(=O)N1CCC(NC)C(CC)C1. The van der Waals surface area contributed by atoms with Crippen molar-refractivity contribution >= 4 is 5.91 Å². The van der Waals surface area contributed by atoms with E-state index in [-0.39, 0.29) is 5.91 Å². The number of piperidine rings is 1. The molecule has 1 amide bonds. The molecular weight excluding hydrogens is 228 g/mol. The molecule has 1 fully saturated rings. The number of ether oxygens (including phenoxy) is 1. The van der Waals surface area contributed by atoms with Gasteiger partial charge < -0.3 is 15.0 Å². The van der Waals surface area contributed by atoms with Crippen molar-refractivity contribution in [2.24, 2.45) is 5.92 Å². The van der Waals surface area contributed by atoms with E-state index in [1.807, 2.05) is 11.9 Å². The number of rotatable bonds is 7. The molecule has 0 saturated carbocycles. The topological polar surface area (TPSA) is 41.6 Å². The minimum Gasteiger partial charge on any atom is -0.381 e. The number of carbonyl (C=O) groups excluding carboxylic acids is 1. The van der Waals surface area contributed by atoms with E-state index in [0.29, 0.717) is 25.0 Å². The third kappa shape index (κ3) is 4.58. The van der Waals surface area contributed by atoms with Gasteiger partial charge >= 0.3 is 0 Å². The molecule has 0 bridgehead atoms. The zero-order valence-corrected chi connectivity index (χ0v) is 12.1. The molecule has 0 radical (unpaired) electrons. The number of nitrogens with one attached hydrogen (secondary N) is 1. The van der Waals surface area contributed by atoms with Gasteiger partial charge in [-0.1, -0.05) is 20.3 Å². The smallest absolute Gasteiger partial charge is 0.224 e. The van der Waals surface area contributed by atoms with E-state index in [9.17, 15) is 4.79 Å². The average Bonchev–Trinajstić information content (AvgIpc) is 2.42. The van der Waals surface area contributed by atoms with E-state index in [0.717, 1.165) is 39.0 Å². The summed E-state index contributed by atoms with van der Waals surface area (Å²) in [6.07, 6.45) is 3.73. The lowest BCUT2D eigenvalue weighted by Gasteiger charge is -2.38. The molecule has 4 heteroatoms. The van der Waals surface area contributed by atoms with E-state index in [1.54, 1.807) is 0 Å². The van der Waals surface area contributed by atoms with Crippen molar-refractivity contribution in [3.63, 3.8) is 0 Å². The van der Waals surface area contributed by atoms with Crippen LogP contribution in [0.15, 0.2) is 0 Å². The van der Waals surface area contributed by atoms with Crippen molar-refractivity contribution in [2.45, 2.75) is 45.6 Å². The lowest BCUT2D eigenvalue weighted by atomic mass is 9.90. The van der Waals surface area contributed by atoms with Crippen molar-refractivity contribution in [3.8, 4) is 0 Å². The number of hydrogen-bond donors (Lipinski definition) is 1. The number of nitrogens with zero attached hydrogens (tertiary/aromatic N) is 1. The molecule has 1 saturated heterocycles. The molecule has 18 heavy (non-hydrogen) atoms. The van der Waals surface area contributed by atoms with E-state index >= 15 is 0 Å². The predicted octanol–water partition coefficient (Wildman–Crippen LogP) is 1.65. The summed E-state index contributed by atoms with van der Waals surface area (Å²) in [6.45, 7) is 7.38. The summed E-state index contributed by atoms with van der Waals surface area (Å²) in [7, 11) is 2.02. The van der Waals surface area contributed by atoms with Gasteiger partial charge in [-0.2, -0.15) is 0 Å². The highest BCUT2D eigenvalue weighted by molar-refractivity contribution is 5.76. The van der Waals surface area contributed by atoms with E-state index in [1.165, 1.54) is 0 Å².